The maximum atomic E-state index is 11.2. The predicted molar refractivity (Wildman–Crippen MR) is 57.3 cm³/mol. The summed E-state index contributed by atoms with van der Waals surface area (Å²) in [5, 5.41) is 0. The number of carbonyl (C=O) groups is 1. The van der Waals surface area contributed by atoms with E-state index in [0.717, 1.165) is 17.2 Å². The van der Waals surface area contributed by atoms with E-state index in [1.165, 1.54) is 0 Å². The van der Waals surface area contributed by atoms with Crippen LogP contribution in [0.2, 0.25) is 0 Å². The first-order chi connectivity index (χ1) is 6.93. The number of esters is 1. The molecule has 0 aliphatic carbocycles. The van der Waals surface area contributed by atoms with E-state index < -0.39 is 0 Å². The fraction of sp³-hybridized carbons (Fsp3) is 0.455. The molecule has 0 saturated carbocycles. The van der Waals surface area contributed by atoms with E-state index in [1.54, 1.807) is 6.92 Å². The molecule has 82 valence electrons. The van der Waals surface area contributed by atoms with Crippen LogP contribution >= 0.6 is 0 Å². The molecule has 0 saturated heterocycles. The summed E-state index contributed by atoms with van der Waals surface area (Å²) in [6, 6.07) is 0. The number of imidazole rings is 1. The van der Waals surface area contributed by atoms with Crippen LogP contribution in [0.5, 0.6) is 0 Å². The monoisotopic (exact) mass is 208 g/mol. The minimum atomic E-state index is -0.377. The van der Waals surface area contributed by atoms with Crippen molar-refractivity contribution in [3.05, 3.63) is 29.4 Å². The Labute approximate surface area is 89.6 Å². The van der Waals surface area contributed by atoms with Crippen LogP contribution in [0.4, 0.5) is 0 Å². The summed E-state index contributed by atoms with van der Waals surface area (Å²) in [4.78, 5) is 15.5. The van der Waals surface area contributed by atoms with Gasteiger partial charge < -0.3 is 9.30 Å². The highest BCUT2D eigenvalue weighted by atomic mass is 16.5. The fourth-order valence-corrected chi connectivity index (χ4v) is 1.18. The molecule has 0 amide bonds. The summed E-state index contributed by atoms with van der Waals surface area (Å²) in [6.45, 7) is 9.21. The third-order valence-corrected chi connectivity index (χ3v) is 2.39. The highest BCUT2D eigenvalue weighted by Crippen LogP contribution is 2.10. The van der Waals surface area contributed by atoms with Crippen molar-refractivity contribution in [1.29, 1.82) is 0 Å². The van der Waals surface area contributed by atoms with Crippen LogP contribution in [-0.4, -0.2) is 15.5 Å². The predicted octanol–water partition coefficient (Wildman–Crippen LogP) is 1.66. The largest absolute Gasteiger partial charge is 0.456 e. The van der Waals surface area contributed by atoms with Crippen molar-refractivity contribution >= 4 is 5.97 Å². The number of nitrogens with zero attached hydrogens (tertiary/aromatic N) is 2. The molecule has 0 fully saturated rings. The summed E-state index contributed by atoms with van der Waals surface area (Å²) >= 11 is 0. The second kappa shape index (κ2) is 4.29. The fourth-order valence-electron chi connectivity index (χ4n) is 1.18. The van der Waals surface area contributed by atoms with Gasteiger partial charge in [0.1, 0.15) is 12.4 Å². The van der Waals surface area contributed by atoms with Gasteiger partial charge in [-0.15, -0.1) is 0 Å². The summed E-state index contributed by atoms with van der Waals surface area (Å²) in [5.41, 5.74) is 2.21. The molecule has 0 radical (unpaired) electrons. The van der Waals surface area contributed by atoms with Crippen LogP contribution in [0.1, 0.15) is 24.1 Å². The van der Waals surface area contributed by atoms with E-state index in [4.69, 9.17) is 4.74 Å². The number of rotatable bonds is 3. The molecular formula is C11H16N2O2. The van der Waals surface area contributed by atoms with Crippen LogP contribution in [0.3, 0.4) is 0 Å². The van der Waals surface area contributed by atoms with E-state index in [2.05, 4.69) is 11.6 Å². The van der Waals surface area contributed by atoms with E-state index in [9.17, 15) is 4.79 Å². The van der Waals surface area contributed by atoms with Crippen molar-refractivity contribution < 1.29 is 9.53 Å². The zero-order valence-corrected chi connectivity index (χ0v) is 9.63. The molecule has 1 rings (SSSR count). The topological polar surface area (TPSA) is 44.1 Å². The molecule has 4 heteroatoms. The van der Waals surface area contributed by atoms with Gasteiger partial charge in [-0.2, -0.15) is 0 Å². The molecule has 0 N–H and O–H groups in total. The van der Waals surface area contributed by atoms with Gasteiger partial charge in [0.15, 0.2) is 0 Å². The molecule has 0 atom stereocenters. The van der Waals surface area contributed by atoms with Gasteiger partial charge in [-0.3, -0.25) is 0 Å². The molecular weight excluding hydrogens is 192 g/mol. The van der Waals surface area contributed by atoms with E-state index in [-0.39, 0.29) is 12.6 Å². The Bertz CT molecular complexity index is 405. The highest BCUT2D eigenvalue weighted by molar-refractivity contribution is 5.86. The Kier molecular flexibility index (Phi) is 3.29. The van der Waals surface area contributed by atoms with E-state index >= 15 is 0 Å². The van der Waals surface area contributed by atoms with Crippen LogP contribution < -0.4 is 0 Å². The maximum absolute atomic E-state index is 11.2. The van der Waals surface area contributed by atoms with Crippen molar-refractivity contribution in [2.24, 2.45) is 7.05 Å². The van der Waals surface area contributed by atoms with Gasteiger partial charge in [0.05, 0.1) is 5.69 Å². The standard InChI is InChI=1S/C11H16N2O2/c1-7(2)11(14)15-6-10-8(3)13(5)9(4)12-10/h1,6H2,2-5H3. The third kappa shape index (κ3) is 2.46. The van der Waals surface area contributed by atoms with Crippen LogP contribution in [0.15, 0.2) is 12.2 Å². The molecule has 0 bridgehead atoms. The van der Waals surface area contributed by atoms with Gasteiger partial charge >= 0.3 is 5.97 Å². The SMILES string of the molecule is C=C(C)C(=O)OCc1nc(C)n(C)c1C. The Morgan fingerprint density at radius 3 is 2.53 bits per heavy atom. The van der Waals surface area contributed by atoms with Gasteiger partial charge in [-0.1, -0.05) is 6.58 Å². The zero-order valence-electron chi connectivity index (χ0n) is 9.63. The molecule has 1 aromatic heterocycles. The summed E-state index contributed by atoms with van der Waals surface area (Å²) in [5.74, 6) is 0.534. The zero-order chi connectivity index (χ0) is 11.6. The Morgan fingerprint density at radius 2 is 2.13 bits per heavy atom. The van der Waals surface area contributed by atoms with E-state index in [0.29, 0.717) is 5.57 Å². The first-order valence-electron chi connectivity index (χ1n) is 4.75. The van der Waals surface area contributed by atoms with Crippen molar-refractivity contribution in [2.75, 3.05) is 0 Å². The van der Waals surface area contributed by atoms with Crippen molar-refractivity contribution in [3.63, 3.8) is 0 Å². The number of hydrogen-bond acceptors (Lipinski definition) is 3. The molecule has 0 spiro atoms. The lowest BCUT2D eigenvalue weighted by atomic mass is 10.3. The van der Waals surface area contributed by atoms with Gasteiger partial charge in [0, 0.05) is 18.3 Å². The normalized spacial score (nSPS) is 10.1. The summed E-state index contributed by atoms with van der Waals surface area (Å²) < 4.78 is 6.99. The molecule has 0 aliphatic rings. The van der Waals surface area contributed by atoms with E-state index in [1.807, 2.05) is 25.5 Å². The number of ether oxygens (including phenoxy) is 1. The van der Waals surface area contributed by atoms with Gasteiger partial charge in [0.2, 0.25) is 0 Å². The molecule has 0 aromatic carbocycles. The second-order valence-electron chi connectivity index (χ2n) is 3.61. The van der Waals surface area contributed by atoms with Crippen LogP contribution in [0, 0.1) is 13.8 Å². The number of hydrogen-bond donors (Lipinski definition) is 0. The second-order valence-corrected chi connectivity index (χ2v) is 3.61. The molecule has 0 aliphatic heterocycles. The molecule has 0 unspecified atom stereocenters. The third-order valence-electron chi connectivity index (χ3n) is 2.39. The quantitative estimate of drug-likeness (QED) is 0.560. The molecule has 4 nitrogen and oxygen atoms in total. The minimum absolute atomic E-state index is 0.208. The lowest BCUT2D eigenvalue weighted by Crippen LogP contribution is -2.06. The van der Waals surface area contributed by atoms with Gasteiger partial charge in [0.25, 0.3) is 0 Å². The van der Waals surface area contributed by atoms with Crippen LogP contribution in [0.25, 0.3) is 0 Å². The minimum Gasteiger partial charge on any atom is -0.456 e. The smallest absolute Gasteiger partial charge is 0.333 e. The summed E-state index contributed by atoms with van der Waals surface area (Å²) in [7, 11) is 1.93. The Morgan fingerprint density at radius 1 is 1.53 bits per heavy atom. The average Bonchev–Trinajstić information content (AvgIpc) is 2.42. The van der Waals surface area contributed by atoms with Crippen LogP contribution in [-0.2, 0) is 23.2 Å². The first-order valence-corrected chi connectivity index (χ1v) is 4.75. The summed E-state index contributed by atoms with van der Waals surface area (Å²) in [6.07, 6.45) is 0. The number of aryl methyl sites for hydroxylation is 1. The highest BCUT2D eigenvalue weighted by Gasteiger charge is 2.10. The average molecular weight is 208 g/mol. The van der Waals surface area contributed by atoms with Crippen molar-refractivity contribution in [3.8, 4) is 0 Å². The Hall–Kier alpha value is -1.58. The molecule has 1 aromatic rings. The number of carbonyl (C=O) groups excluding carboxylic acids is 1. The molecule has 15 heavy (non-hydrogen) atoms. The van der Waals surface area contributed by atoms with Crippen molar-refractivity contribution in [1.82, 2.24) is 9.55 Å². The first kappa shape index (κ1) is 11.5. The Balaban J connectivity index is 2.70. The number of aromatic nitrogens is 2. The van der Waals surface area contributed by atoms with Gasteiger partial charge in [-0.05, 0) is 20.8 Å². The van der Waals surface area contributed by atoms with Gasteiger partial charge in [-0.25, -0.2) is 9.78 Å². The van der Waals surface area contributed by atoms with Crippen molar-refractivity contribution in [2.45, 2.75) is 27.4 Å². The molecule has 1 heterocycles. The maximum Gasteiger partial charge on any atom is 0.333 e. The lowest BCUT2D eigenvalue weighted by molar-refractivity contribution is -0.140. The lowest BCUT2D eigenvalue weighted by Gasteiger charge is -2.03.